The number of benzene rings is 1. The number of nitrogens with zero attached hydrogens (tertiary/aromatic N) is 2. The number of aromatic nitrogens is 2. The third kappa shape index (κ3) is 3.31. The minimum Gasteiger partial charge on any atom is -0.233 e. The Kier molecular flexibility index (Phi) is 5.11. The molecule has 1 aromatic heterocycles. The summed E-state index contributed by atoms with van der Waals surface area (Å²) in [7, 11) is 2.06. The van der Waals surface area contributed by atoms with Gasteiger partial charge in [0.05, 0.1) is 7.05 Å². The van der Waals surface area contributed by atoms with E-state index in [2.05, 4.69) is 67.7 Å². The van der Waals surface area contributed by atoms with E-state index in [1.54, 1.807) is 0 Å². The molecule has 2 aromatic rings. The summed E-state index contributed by atoms with van der Waals surface area (Å²) in [5.74, 6) is 0. The zero-order valence-electron chi connectivity index (χ0n) is 13.8. The molecule has 21 heavy (non-hydrogen) atoms. The second-order valence-corrected chi connectivity index (χ2v) is 6.14. The Morgan fingerprint density at radius 3 is 2.57 bits per heavy atom. The fourth-order valence-electron chi connectivity index (χ4n) is 3.01. The van der Waals surface area contributed by atoms with Crippen LogP contribution in [0.4, 0.5) is 0 Å². The van der Waals surface area contributed by atoms with E-state index in [0.29, 0.717) is 0 Å². The smallest absolute Gasteiger partial charge is 0.233 e. The van der Waals surface area contributed by atoms with Gasteiger partial charge >= 0.3 is 0 Å². The van der Waals surface area contributed by atoms with Gasteiger partial charge in [0, 0.05) is 11.6 Å². The van der Waals surface area contributed by atoms with Gasteiger partial charge in [0.2, 0.25) is 0 Å². The summed E-state index contributed by atoms with van der Waals surface area (Å²) in [6.07, 6.45) is 8.69. The van der Waals surface area contributed by atoms with E-state index in [1.165, 1.54) is 42.5 Å². The Morgan fingerprint density at radius 2 is 1.90 bits per heavy atom. The highest BCUT2D eigenvalue weighted by atomic mass is 15.0. The molecule has 2 heteroatoms. The lowest BCUT2D eigenvalue weighted by atomic mass is 9.74. The summed E-state index contributed by atoms with van der Waals surface area (Å²) in [6.45, 7) is 6.98. The molecule has 0 saturated heterocycles. The maximum absolute atomic E-state index is 4.19. The number of hydrogen-bond acceptors (Lipinski definition) is 1. The molecule has 0 fully saturated rings. The summed E-state index contributed by atoms with van der Waals surface area (Å²) in [5.41, 5.74) is 4.27. The summed E-state index contributed by atoms with van der Waals surface area (Å²) in [4.78, 5) is 4.19. The molecule has 0 radical (unpaired) electrons. The number of hydrogen-bond donors (Lipinski definition) is 0. The van der Waals surface area contributed by atoms with Crippen LogP contribution in [-0.4, -0.2) is 4.98 Å². The molecular weight excluding hydrogens is 256 g/mol. The van der Waals surface area contributed by atoms with Crippen molar-refractivity contribution < 1.29 is 4.57 Å². The van der Waals surface area contributed by atoms with Crippen LogP contribution in [0.25, 0.3) is 11.3 Å². The number of rotatable bonds is 6. The summed E-state index contributed by atoms with van der Waals surface area (Å²) >= 11 is 0. The molecule has 2 nitrogen and oxygen atoms in total. The zero-order chi connectivity index (χ0) is 15.3. The van der Waals surface area contributed by atoms with Gasteiger partial charge in [-0.25, -0.2) is 4.57 Å². The van der Waals surface area contributed by atoms with Gasteiger partial charge in [-0.15, -0.1) is 0 Å². The third-order valence-corrected chi connectivity index (χ3v) is 4.65. The van der Waals surface area contributed by atoms with Gasteiger partial charge in [0.25, 0.3) is 6.33 Å². The van der Waals surface area contributed by atoms with E-state index in [1.807, 2.05) is 12.5 Å². The second kappa shape index (κ2) is 6.84. The first-order valence-electron chi connectivity index (χ1n) is 8.02. The second-order valence-electron chi connectivity index (χ2n) is 6.14. The predicted molar refractivity (Wildman–Crippen MR) is 88.0 cm³/mol. The monoisotopic (exact) mass is 283 g/mol. The Hall–Kier alpha value is -1.70. The molecular formula is C19H27N2+. The first-order valence-corrected chi connectivity index (χ1v) is 8.02. The molecule has 0 saturated carbocycles. The molecule has 112 valence electrons. The molecule has 0 aliphatic rings. The zero-order valence-corrected chi connectivity index (χ0v) is 13.8. The minimum absolute atomic E-state index is 0.239. The Morgan fingerprint density at radius 1 is 1.14 bits per heavy atom. The largest absolute Gasteiger partial charge is 0.286 e. The molecule has 1 unspecified atom stereocenters. The quantitative estimate of drug-likeness (QED) is 0.717. The van der Waals surface area contributed by atoms with Crippen LogP contribution in [0.1, 0.15) is 52.0 Å². The van der Waals surface area contributed by atoms with Crippen molar-refractivity contribution in [2.75, 3.05) is 0 Å². The molecule has 1 atom stereocenters. The molecule has 0 aliphatic carbocycles. The van der Waals surface area contributed by atoms with Crippen molar-refractivity contribution in [3.05, 3.63) is 48.4 Å². The number of aryl methyl sites for hydroxylation is 1. The third-order valence-electron chi connectivity index (χ3n) is 4.65. The van der Waals surface area contributed by atoms with E-state index in [4.69, 9.17) is 0 Å². The first kappa shape index (κ1) is 15.7. The fourth-order valence-corrected chi connectivity index (χ4v) is 3.01. The molecule has 2 rings (SSSR count). The molecule has 0 spiro atoms. The molecule has 0 bridgehead atoms. The van der Waals surface area contributed by atoms with Crippen LogP contribution in [-0.2, 0) is 12.5 Å². The van der Waals surface area contributed by atoms with Crippen LogP contribution in [0.5, 0.6) is 0 Å². The SMILES string of the molecule is CCCCC(C)(CC)c1ccccc1-c1ccnc[n+]1C. The van der Waals surface area contributed by atoms with Gasteiger partial charge in [-0.05, 0) is 23.8 Å². The topological polar surface area (TPSA) is 16.8 Å². The maximum atomic E-state index is 4.19. The summed E-state index contributed by atoms with van der Waals surface area (Å²) < 4.78 is 2.11. The van der Waals surface area contributed by atoms with E-state index >= 15 is 0 Å². The average Bonchev–Trinajstić information content (AvgIpc) is 2.53. The number of unbranched alkanes of at least 4 members (excludes halogenated alkanes) is 1. The normalized spacial score (nSPS) is 13.9. The minimum atomic E-state index is 0.239. The van der Waals surface area contributed by atoms with Gasteiger partial charge in [0.1, 0.15) is 11.9 Å². The lowest BCUT2D eigenvalue weighted by molar-refractivity contribution is -0.663. The maximum Gasteiger partial charge on any atom is 0.286 e. The van der Waals surface area contributed by atoms with Crippen molar-refractivity contribution in [1.29, 1.82) is 0 Å². The Bertz CT molecular complexity index is 592. The van der Waals surface area contributed by atoms with Gasteiger partial charge in [-0.2, -0.15) is 0 Å². The van der Waals surface area contributed by atoms with Crippen LogP contribution in [0, 0.1) is 0 Å². The standard InChI is InChI=1S/C19H27N2/c1-5-7-13-19(3,6-2)17-11-9-8-10-16(17)18-12-14-20-15-21(18)4/h8-12,14-15H,5-7,13H2,1-4H3/q+1. The van der Waals surface area contributed by atoms with Crippen LogP contribution in [0.15, 0.2) is 42.9 Å². The molecule has 1 heterocycles. The fraction of sp³-hybridized carbons (Fsp3) is 0.474. The average molecular weight is 283 g/mol. The van der Waals surface area contributed by atoms with Gasteiger partial charge < -0.3 is 0 Å². The molecule has 0 amide bonds. The predicted octanol–water partition coefficient (Wildman–Crippen LogP) is 4.43. The Labute approximate surface area is 128 Å². The lowest BCUT2D eigenvalue weighted by Gasteiger charge is -2.31. The van der Waals surface area contributed by atoms with Crippen LogP contribution < -0.4 is 4.57 Å². The molecule has 0 N–H and O–H groups in total. The summed E-state index contributed by atoms with van der Waals surface area (Å²) in [6, 6.07) is 10.9. The van der Waals surface area contributed by atoms with Crippen molar-refractivity contribution in [1.82, 2.24) is 4.98 Å². The van der Waals surface area contributed by atoms with Gasteiger partial charge in [-0.1, -0.05) is 62.9 Å². The van der Waals surface area contributed by atoms with E-state index in [9.17, 15) is 0 Å². The summed E-state index contributed by atoms with van der Waals surface area (Å²) in [5, 5.41) is 0. The van der Waals surface area contributed by atoms with Crippen LogP contribution in [0.2, 0.25) is 0 Å². The van der Waals surface area contributed by atoms with Crippen LogP contribution in [0.3, 0.4) is 0 Å². The van der Waals surface area contributed by atoms with E-state index in [0.717, 1.165) is 0 Å². The van der Waals surface area contributed by atoms with Gasteiger partial charge in [-0.3, -0.25) is 0 Å². The van der Waals surface area contributed by atoms with Crippen molar-refractivity contribution >= 4 is 0 Å². The highest BCUT2D eigenvalue weighted by Crippen LogP contribution is 2.38. The van der Waals surface area contributed by atoms with Crippen molar-refractivity contribution in [3.8, 4) is 11.3 Å². The highest BCUT2D eigenvalue weighted by Gasteiger charge is 2.28. The Balaban J connectivity index is 2.53. The highest BCUT2D eigenvalue weighted by molar-refractivity contribution is 5.62. The van der Waals surface area contributed by atoms with E-state index in [-0.39, 0.29) is 5.41 Å². The van der Waals surface area contributed by atoms with Gasteiger partial charge in [0.15, 0.2) is 0 Å². The van der Waals surface area contributed by atoms with E-state index < -0.39 is 0 Å². The van der Waals surface area contributed by atoms with Crippen LogP contribution >= 0.6 is 0 Å². The molecule has 0 aliphatic heterocycles. The van der Waals surface area contributed by atoms with Crippen molar-refractivity contribution in [3.63, 3.8) is 0 Å². The van der Waals surface area contributed by atoms with Crippen molar-refractivity contribution in [2.24, 2.45) is 7.05 Å². The molecule has 1 aromatic carbocycles. The first-order chi connectivity index (χ1) is 10.1. The lowest BCUT2D eigenvalue weighted by Crippen LogP contribution is -2.32. The van der Waals surface area contributed by atoms with Crippen molar-refractivity contribution in [2.45, 2.75) is 51.9 Å².